The molecule has 0 aliphatic carbocycles. The molecule has 2 aromatic rings. The van der Waals surface area contributed by atoms with Crippen LogP contribution in [0, 0.1) is 0 Å². The van der Waals surface area contributed by atoms with E-state index in [4.69, 9.17) is 9.84 Å². The molecule has 0 aliphatic heterocycles. The summed E-state index contributed by atoms with van der Waals surface area (Å²) in [4.78, 5) is 18.3. The Morgan fingerprint density at radius 3 is 3.05 bits per heavy atom. The number of aromatic nitrogens is 2. The molecular formula is C14H19N3O3S. The number of carbonyl (C=O) groups is 1. The summed E-state index contributed by atoms with van der Waals surface area (Å²) < 4.78 is 7.30. The van der Waals surface area contributed by atoms with Crippen LogP contribution in [-0.4, -0.2) is 46.8 Å². The van der Waals surface area contributed by atoms with Crippen LogP contribution in [0.15, 0.2) is 17.7 Å². The van der Waals surface area contributed by atoms with Gasteiger partial charge in [0.25, 0.3) is 0 Å². The molecule has 6 nitrogen and oxygen atoms in total. The maximum atomic E-state index is 10.8. The summed E-state index contributed by atoms with van der Waals surface area (Å²) in [5, 5.41) is 10.8. The third-order valence-electron chi connectivity index (χ3n) is 3.05. The Hall–Kier alpha value is -1.86. The van der Waals surface area contributed by atoms with Gasteiger partial charge in [-0.15, -0.1) is 11.3 Å². The average Bonchev–Trinajstić information content (AvgIpc) is 3.02. The predicted molar refractivity (Wildman–Crippen MR) is 84.1 cm³/mol. The van der Waals surface area contributed by atoms with Gasteiger partial charge in [-0.2, -0.15) is 0 Å². The highest BCUT2D eigenvalue weighted by Crippen LogP contribution is 2.25. The SMILES string of the molecule is CCOCCN(CC)c1nc2sccn2c1C=CC(=O)O. The van der Waals surface area contributed by atoms with Crippen molar-refractivity contribution in [1.29, 1.82) is 0 Å². The highest BCUT2D eigenvalue weighted by atomic mass is 32.1. The Kier molecular flexibility index (Phi) is 5.35. The molecule has 0 fully saturated rings. The molecule has 0 aliphatic rings. The molecule has 0 radical (unpaired) electrons. The normalized spacial score (nSPS) is 11.5. The van der Waals surface area contributed by atoms with Crippen molar-refractivity contribution in [3.63, 3.8) is 0 Å². The lowest BCUT2D eigenvalue weighted by atomic mass is 10.3. The number of anilines is 1. The van der Waals surface area contributed by atoms with Crippen LogP contribution in [0.4, 0.5) is 5.82 Å². The van der Waals surface area contributed by atoms with E-state index in [0.29, 0.717) is 13.2 Å². The van der Waals surface area contributed by atoms with Gasteiger partial charge in [-0.3, -0.25) is 4.40 Å². The van der Waals surface area contributed by atoms with Gasteiger partial charge >= 0.3 is 5.97 Å². The van der Waals surface area contributed by atoms with Crippen LogP contribution in [0.25, 0.3) is 11.0 Å². The van der Waals surface area contributed by atoms with Crippen molar-refractivity contribution in [2.24, 2.45) is 0 Å². The highest BCUT2D eigenvalue weighted by molar-refractivity contribution is 7.15. The van der Waals surface area contributed by atoms with E-state index in [1.54, 1.807) is 6.08 Å². The number of carboxylic acids is 1. The smallest absolute Gasteiger partial charge is 0.328 e. The summed E-state index contributed by atoms with van der Waals surface area (Å²) in [6.45, 7) is 6.82. The number of ether oxygens (including phenoxy) is 1. The number of likely N-dealkylation sites (N-methyl/N-ethyl adjacent to an activating group) is 1. The van der Waals surface area contributed by atoms with E-state index in [1.807, 2.05) is 29.8 Å². The first-order valence-corrected chi connectivity index (χ1v) is 7.74. The van der Waals surface area contributed by atoms with Crippen LogP contribution in [0.1, 0.15) is 19.5 Å². The zero-order chi connectivity index (χ0) is 15.2. The van der Waals surface area contributed by atoms with E-state index < -0.39 is 5.97 Å². The van der Waals surface area contributed by atoms with Gasteiger partial charge in [0, 0.05) is 37.3 Å². The topological polar surface area (TPSA) is 67.1 Å². The fraction of sp³-hybridized carbons (Fsp3) is 0.429. The van der Waals surface area contributed by atoms with Crippen molar-refractivity contribution in [3.8, 4) is 0 Å². The van der Waals surface area contributed by atoms with Crippen LogP contribution >= 0.6 is 11.3 Å². The second kappa shape index (κ2) is 7.24. The van der Waals surface area contributed by atoms with Gasteiger partial charge in [-0.05, 0) is 19.9 Å². The molecular weight excluding hydrogens is 290 g/mol. The van der Waals surface area contributed by atoms with Gasteiger partial charge < -0.3 is 14.7 Å². The van der Waals surface area contributed by atoms with Crippen LogP contribution in [0.5, 0.6) is 0 Å². The number of fused-ring (bicyclic) bond motifs is 1. The number of carboxylic acid groups (broad SMARTS) is 1. The zero-order valence-corrected chi connectivity index (χ0v) is 13.0. The molecule has 2 heterocycles. The van der Waals surface area contributed by atoms with E-state index in [-0.39, 0.29) is 0 Å². The van der Waals surface area contributed by atoms with E-state index in [1.165, 1.54) is 11.3 Å². The van der Waals surface area contributed by atoms with Crippen molar-refractivity contribution in [1.82, 2.24) is 9.38 Å². The Balaban J connectivity index is 2.33. The van der Waals surface area contributed by atoms with Gasteiger partial charge in [0.2, 0.25) is 0 Å². The van der Waals surface area contributed by atoms with Crippen LogP contribution in [0.2, 0.25) is 0 Å². The lowest BCUT2D eigenvalue weighted by molar-refractivity contribution is -0.131. The second-order valence-electron chi connectivity index (χ2n) is 4.32. The summed E-state index contributed by atoms with van der Waals surface area (Å²) in [6.07, 6.45) is 4.63. The summed E-state index contributed by atoms with van der Waals surface area (Å²) in [6, 6.07) is 0. The van der Waals surface area contributed by atoms with Crippen molar-refractivity contribution in [2.45, 2.75) is 13.8 Å². The lowest BCUT2D eigenvalue weighted by Crippen LogP contribution is -2.28. The van der Waals surface area contributed by atoms with Crippen molar-refractivity contribution in [3.05, 3.63) is 23.3 Å². The predicted octanol–water partition coefficient (Wildman–Crippen LogP) is 2.36. The third-order valence-corrected chi connectivity index (χ3v) is 3.81. The lowest BCUT2D eigenvalue weighted by Gasteiger charge is -2.21. The van der Waals surface area contributed by atoms with Gasteiger partial charge in [0.15, 0.2) is 10.8 Å². The Labute approximate surface area is 127 Å². The van der Waals surface area contributed by atoms with Gasteiger partial charge in [0.1, 0.15) is 0 Å². The van der Waals surface area contributed by atoms with E-state index >= 15 is 0 Å². The van der Waals surface area contributed by atoms with Crippen LogP contribution in [-0.2, 0) is 9.53 Å². The molecule has 0 atom stereocenters. The van der Waals surface area contributed by atoms with Crippen molar-refractivity contribution < 1.29 is 14.6 Å². The molecule has 0 bridgehead atoms. The first-order chi connectivity index (χ1) is 10.2. The Morgan fingerprint density at radius 2 is 2.38 bits per heavy atom. The minimum atomic E-state index is -0.969. The maximum absolute atomic E-state index is 10.8. The molecule has 2 rings (SSSR count). The largest absolute Gasteiger partial charge is 0.478 e. The number of hydrogen-bond acceptors (Lipinski definition) is 5. The number of nitrogens with zero attached hydrogens (tertiary/aromatic N) is 3. The quantitative estimate of drug-likeness (QED) is 0.599. The van der Waals surface area contributed by atoms with Crippen molar-refractivity contribution >= 4 is 34.2 Å². The third kappa shape index (κ3) is 3.62. The van der Waals surface area contributed by atoms with E-state index in [2.05, 4.69) is 9.88 Å². The molecule has 0 saturated heterocycles. The van der Waals surface area contributed by atoms with Gasteiger partial charge in [-0.25, -0.2) is 9.78 Å². The number of aliphatic carboxylic acids is 1. The number of imidazole rings is 1. The second-order valence-corrected chi connectivity index (χ2v) is 5.20. The summed E-state index contributed by atoms with van der Waals surface area (Å²) >= 11 is 1.53. The molecule has 0 aromatic carbocycles. The summed E-state index contributed by atoms with van der Waals surface area (Å²) in [5.74, 6) is -0.176. The van der Waals surface area contributed by atoms with Crippen LogP contribution in [0.3, 0.4) is 0 Å². The standard InChI is InChI=1S/C14H19N3O3S/c1-3-16(7-9-20-4-2)13-11(5-6-12(18)19)17-8-10-21-14(17)15-13/h5-6,8,10H,3-4,7,9H2,1-2H3,(H,18,19). The van der Waals surface area contributed by atoms with Crippen LogP contribution < -0.4 is 4.90 Å². The van der Waals surface area contributed by atoms with E-state index in [0.717, 1.165) is 35.6 Å². The zero-order valence-electron chi connectivity index (χ0n) is 12.2. The number of rotatable bonds is 8. The number of hydrogen-bond donors (Lipinski definition) is 1. The molecule has 7 heteroatoms. The fourth-order valence-electron chi connectivity index (χ4n) is 2.06. The fourth-order valence-corrected chi connectivity index (χ4v) is 2.78. The minimum Gasteiger partial charge on any atom is -0.478 e. The summed E-state index contributed by atoms with van der Waals surface area (Å²) in [5.41, 5.74) is 0.784. The van der Waals surface area contributed by atoms with Gasteiger partial charge in [0.05, 0.1) is 12.3 Å². The molecule has 21 heavy (non-hydrogen) atoms. The first kappa shape index (κ1) is 15.5. The van der Waals surface area contributed by atoms with Gasteiger partial charge in [-0.1, -0.05) is 0 Å². The highest BCUT2D eigenvalue weighted by Gasteiger charge is 2.16. The monoisotopic (exact) mass is 309 g/mol. The van der Waals surface area contributed by atoms with Crippen molar-refractivity contribution in [2.75, 3.05) is 31.2 Å². The average molecular weight is 309 g/mol. The maximum Gasteiger partial charge on any atom is 0.328 e. The van der Waals surface area contributed by atoms with E-state index in [9.17, 15) is 4.79 Å². The molecule has 0 saturated carbocycles. The summed E-state index contributed by atoms with van der Waals surface area (Å²) in [7, 11) is 0. The first-order valence-electron chi connectivity index (χ1n) is 6.86. The molecule has 114 valence electrons. The minimum absolute atomic E-state index is 0.623. The molecule has 0 amide bonds. The molecule has 0 spiro atoms. The Bertz CT molecular complexity index is 632. The number of thiazole rings is 1. The Morgan fingerprint density at radius 1 is 1.57 bits per heavy atom. The molecule has 0 unspecified atom stereocenters. The molecule has 2 aromatic heterocycles. The molecule has 1 N–H and O–H groups in total.